The van der Waals surface area contributed by atoms with Gasteiger partial charge in [-0.15, -0.1) is 10.2 Å². The third-order valence-corrected chi connectivity index (χ3v) is 6.10. The number of Topliss-reactive ketones (excluding diaryl/α,β-unsaturated/α-hetero) is 1. The lowest BCUT2D eigenvalue weighted by molar-refractivity contribution is -0.132. The van der Waals surface area contributed by atoms with Crippen LogP contribution < -0.4 is 9.64 Å². The summed E-state index contributed by atoms with van der Waals surface area (Å²) < 4.78 is 5.90. The molecule has 0 spiro atoms. The van der Waals surface area contributed by atoms with Gasteiger partial charge in [0, 0.05) is 18.0 Å². The number of hydrogen-bond acceptors (Lipinski definition) is 8. The van der Waals surface area contributed by atoms with Crippen molar-refractivity contribution in [3.8, 4) is 5.75 Å². The number of aromatic nitrogens is 3. The number of aliphatic hydroxyl groups excluding tert-OH is 1. The van der Waals surface area contributed by atoms with Crippen LogP contribution >= 0.6 is 11.3 Å². The van der Waals surface area contributed by atoms with Crippen molar-refractivity contribution in [3.63, 3.8) is 0 Å². The van der Waals surface area contributed by atoms with E-state index >= 15 is 0 Å². The lowest BCUT2D eigenvalue weighted by atomic mass is 9.95. The van der Waals surface area contributed by atoms with Gasteiger partial charge in [0.15, 0.2) is 0 Å². The van der Waals surface area contributed by atoms with Crippen molar-refractivity contribution in [1.29, 1.82) is 0 Å². The average Bonchev–Trinajstić information content (AvgIpc) is 3.34. The van der Waals surface area contributed by atoms with Crippen LogP contribution in [0.2, 0.25) is 0 Å². The number of pyridine rings is 1. The monoisotopic (exact) mass is 464 g/mol. The molecule has 170 valence electrons. The highest BCUT2D eigenvalue weighted by Crippen LogP contribution is 2.43. The van der Waals surface area contributed by atoms with Gasteiger partial charge >= 0.3 is 5.91 Å². The Hall–Kier alpha value is -3.59. The number of anilines is 1. The van der Waals surface area contributed by atoms with E-state index in [-0.39, 0.29) is 11.3 Å². The van der Waals surface area contributed by atoms with Gasteiger partial charge in [-0.05, 0) is 49.1 Å². The van der Waals surface area contributed by atoms with Gasteiger partial charge in [0.1, 0.15) is 16.5 Å². The molecule has 1 amide bonds. The molecule has 9 heteroatoms. The Kier molecular flexibility index (Phi) is 6.50. The van der Waals surface area contributed by atoms with Crippen molar-refractivity contribution < 1.29 is 19.4 Å². The first-order chi connectivity index (χ1) is 15.9. The zero-order valence-corrected chi connectivity index (χ0v) is 19.4. The summed E-state index contributed by atoms with van der Waals surface area (Å²) in [6, 6.07) is 9.51. The lowest BCUT2D eigenvalue weighted by Gasteiger charge is -2.23. The van der Waals surface area contributed by atoms with Crippen LogP contribution in [0.4, 0.5) is 5.13 Å². The van der Waals surface area contributed by atoms with Crippen LogP contribution in [0.25, 0.3) is 5.76 Å². The van der Waals surface area contributed by atoms with E-state index in [4.69, 9.17) is 4.74 Å². The van der Waals surface area contributed by atoms with Crippen LogP contribution in [0.15, 0.2) is 54.4 Å². The van der Waals surface area contributed by atoms with Crippen LogP contribution in [-0.2, 0) is 9.59 Å². The van der Waals surface area contributed by atoms with Crippen LogP contribution in [0.5, 0.6) is 5.75 Å². The van der Waals surface area contributed by atoms with Gasteiger partial charge in [-0.1, -0.05) is 37.3 Å². The largest absolute Gasteiger partial charge is 0.507 e. The Balaban J connectivity index is 1.82. The molecule has 0 bridgehead atoms. The van der Waals surface area contributed by atoms with Gasteiger partial charge < -0.3 is 9.84 Å². The summed E-state index contributed by atoms with van der Waals surface area (Å²) >= 11 is 1.21. The Labute approximate surface area is 195 Å². The normalized spacial score (nSPS) is 17.7. The number of rotatable bonds is 7. The number of hydrogen-bond donors (Lipinski definition) is 1. The number of aliphatic hydroxyl groups is 1. The van der Waals surface area contributed by atoms with Gasteiger partial charge in [0.2, 0.25) is 5.13 Å². The van der Waals surface area contributed by atoms with E-state index in [0.29, 0.717) is 39.5 Å². The average molecular weight is 465 g/mol. The van der Waals surface area contributed by atoms with E-state index < -0.39 is 17.7 Å². The third-order valence-electron chi connectivity index (χ3n) is 5.26. The standard InChI is InChI=1S/C24H24N4O4S/c1-14(2)9-12-32-18-6-4-5-17(13-18)20-19(21(29)16-7-10-25-11-8-16)22(30)23(31)28(20)24-27-26-15(3)33-24/h4-8,10-11,13-14,20,29H,9,12H2,1-3H3/b21-19+. The molecule has 0 aliphatic carbocycles. The molecule has 0 saturated carbocycles. The number of nitrogens with zero attached hydrogens (tertiary/aromatic N) is 4. The fourth-order valence-corrected chi connectivity index (χ4v) is 4.30. The van der Waals surface area contributed by atoms with Gasteiger partial charge in [0.25, 0.3) is 5.78 Å². The summed E-state index contributed by atoms with van der Waals surface area (Å²) in [5.74, 6) is -0.695. The van der Waals surface area contributed by atoms with Crippen molar-refractivity contribution in [2.45, 2.75) is 33.2 Å². The minimum absolute atomic E-state index is 0.0154. The Morgan fingerprint density at radius 3 is 2.61 bits per heavy atom. The molecule has 3 aromatic rings. The van der Waals surface area contributed by atoms with E-state index in [9.17, 15) is 14.7 Å². The molecule has 8 nitrogen and oxygen atoms in total. The fourth-order valence-electron chi connectivity index (χ4n) is 3.58. The molecule has 1 unspecified atom stereocenters. The number of amides is 1. The highest BCUT2D eigenvalue weighted by atomic mass is 32.1. The molecule has 0 radical (unpaired) electrons. The Morgan fingerprint density at radius 2 is 1.94 bits per heavy atom. The second-order valence-electron chi connectivity index (χ2n) is 8.11. The first-order valence-electron chi connectivity index (χ1n) is 10.6. The molecular formula is C24H24N4O4S. The van der Waals surface area contributed by atoms with E-state index in [1.54, 1.807) is 37.3 Å². The molecule has 1 N–H and O–H groups in total. The minimum atomic E-state index is -0.876. The van der Waals surface area contributed by atoms with E-state index in [1.807, 2.05) is 6.07 Å². The second-order valence-corrected chi connectivity index (χ2v) is 9.27. The smallest absolute Gasteiger partial charge is 0.301 e. The first kappa shape index (κ1) is 22.6. The maximum absolute atomic E-state index is 13.1. The molecule has 1 saturated heterocycles. The first-order valence-corrected chi connectivity index (χ1v) is 11.4. The van der Waals surface area contributed by atoms with E-state index in [2.05, 4.69) is 29.0 Å². The molecule has 1 fully saturated rings. The fraction of sp³-hybridized carbons (Fsp3) is 0.292. The summed E-state index contributed by atoms with van der Waals surface area (Å²) in [7, 11) is 0. The van der Waals surface area contributed by atoms with Crippen LogP contribution in [-0.4, -0.2) is 38.6 Å². The summed E-state index contributed by atoms with van der Waals surface area (Å²) in [4.78, 5) is 31.5. The Bertz CT molecular complexity index is 1210. The Morgan fingerprint density at radius 1 is 1.18 bits per heavy atom. The molecule has 1 aliphatic heterocycles. The molecule has 1 aromatic carbocycles. The maximum atomic E-state index is 13.1. The molecule has 3 heterocycles. The molecule has 33 heavy (non-hydrogen) atoms. The van der Waals surface area contributed by atoms with Crippen molar-refractivity contribution in [2.24, 2.45) is 5.92 Å². The molecule has 4 rings (SSSR count). The summed E-state index contributed by atoms with van der Waals surface area (Å²) in [6.45, 7) is 6.56. The number of ketones is 1. The number of benzene rings is 1. The van der Waals surface area contributed by atoms with Crippen LogP contribution in [0.1, 0.15) is 42.4 Å². The zero-order valence-electron chi connectivity index (χ0n) is 18.6. The molecule has 1 aliphatic rings. The van der Waals surface area contributed by atoms with Crippen molar-refractivity contribution >= 4 is 33.9 Å². The highest BCUT2D eigenvalue weighted by Gasteiger charge is 2.48. The molecular weight excluding hydrogens is 440 g/mol. The number of carbonyl (C=O) groups is 2. The van der Waals surface area contributed by atoms with Gasteiger partial charge in [-0.2, -0.15) is 0 Å². The highest BCUT2D eigenvalue weighted by molar-refractivity contribution is 7.15. The molecule has 2 aromatic heterocycles. The van der Waals surface area contributed by atoms with Crippen LogP contribution in [0, 0.1) is 12.8 Å². The predicted octanol–water partition coefficient (Wildman–Crippen LogP) is 4.29. The number of carbonyl (C=O) groups excluding carboxylic acids is 2. The summed E-state index contributed by atoms with van der Waals surface area (Å²) in [5.41, 5.74) is 1.00. The zero-order chi connectivity index (χ0) is 23.5. The van der Waals surface area contributed by atoms with Gasteiger partial charge in [0.05, 0.1) is 18.2 Å². The minimum Gasteiger partial charge on any atom is -0.507 e. The van der Waals surface area contributed by atoms with Crippen LogP contribution in [0.3, 0.4) is 0 Å². The van der Waals surface area contributed by atoms with Crippen molar-refractivity contribution in [2.75, 3.05) is 11.5 Å². The SMILES string of the molecule is Cc1nnc(N2C(=O)C(=O)/C(=C(/O)c3ccncc3)C2c2cccc(OCCC(C)C)c2)s1. The second kappa shape index (κ2) is 9.50. The predicted molar refractivity (Wildman–Crippen MR) is 125 cm³/mol. The third kappa shape index (κ3) is 4.63. The van der Waals surface area contributed by atoms with E-state index in [1.165, 1.54) is 28.6 Å². The topological polar surface area (TPSA) is 106 Å². The molecule has 1 atom stereocenters. The van der Waals surface area contributed by atoms with Gasteiger partial charge in [-0.3, -0.25) is 19.5 Å². The number of ether oxygens (including phenoxy) is 1. The van der Waals surface area contributed by atoms with Gasteiger partial charge in [-0.25, -0.2) is 0 Å². The van der Waals surface area contributed by atoms with Crippen molar-refractivity contribution in [1.82, 2.24) is 15.2 Å². The quantitative estimate of drug-likeness (QED) is 0.316. The maximum Gasteiger partial charge on any atom is 0.301 e. The summed E-state index contributed by atoms with van der Waals surface area (Å²) in [5, 5.41) is 20.1. The van der Waals surface area contributed by atoms with E-state index in [0.717, 1.165) is 6.42 Å². The number of aryl methyl sites for hydroxylation is 1. The lowest BCUT2D eigenvalue weighted by Crippen LogP contribution is -2.29. The summed E-state index contributed by atoms with van der Waals surface area (Å²) in [6.07, 6.45) is 3.92. The van der Waals surface area contributed by atoms with Crippen molar-refractivity contribution in [3.05, 3.63) is 70.5 Å².